The molecule has 2 rings (SSSR count). The van der Waals surface area contributed by atoms with Crippen LogP contribution in [0.5, 0.6) is 0 Å². The Morgan fingerprint density at radius 3 is 0.882 bits per heavy atom. The molecule has 0 spiro atoms. The Labute approximate surface area is 207 Å². The summed E-state index contributed by atoms with van der Waals surface area (Å²) >= 11 is 0. The third-order valence-corrected chi connectivity index (χ3v) is 7.58. The Balaban J connectivity index is 0.000000750. The first kappa shape index (κ1) is 32.3. The van der Waals surface area contributed by atoms with Crippen molar-refractivity contribution in [3.05, 3.63) is 24.3 Å². The Hall–Kier alpha value is -1.66. The van der Waals surface area contributed by atoms with E-state index in [1.807, 2.05) is 0 Å². The van der Waals surface area contributed by atoms with Gasteiger partial charge < -0.3 is 20.4 Å². The highest BCUT2D eigenvalue weighted by Gasteiger charge is 2.48. The lowest BCUT2D eigenvalue weighted by Gasteiger charge is -2.50. The molecule has 0 aromatic heterocycles. The number of aliphatic hydroxyl groups is 2. The van der Waals surface area contributed by atoms with Crippen molar-refractivity contribution in [2.24, 2.45) is 10.8 Å². The molecule has 0 aromatic rings. The molecule has 2 aliphatic rings. The molecule has 0 atom stereocenters. The first-order valence-electron chi connectivity index (χ1n) is 13.1. The van der Waals surface area contributed by atoms with Gasteiger partial charge in [0.25, 0.3) is 0 Å². The standard InChI is InChI=1S/C20H38O2.2C4H6O2/c21-17-19(13-9-5-1-2-6-10-14-19)20(18-22)15-11-7-3-4-8-12-16-20;2*1-3(2)4(5)6/h21-22H,1-18H2;2*1H2,2H3,(H,5,6). The highest BCUT2D eigenvalue weighted by atomic mass is 16.4. The second-order valence-electron chi connectivity index (χ2n) is 10.3. The van der Waals surface area contributed by atoms with Crippen molar-refractivity contribution < 1.29 is 30.0 Å². The van der Waals surface area contributed by atoms with Gasteiger partial charge in [-0.15, -0.1) is 0 Å². The predicted molar refractivity (Wildman–Crippen MR) is 138 cm³/mol. The van der Waals surface area contributed by atoms with Gasteiger partial charge in [-0.2, -0.15) is 0 Å². The minimum absolute atomic E-state index is 0.0174. The van der Waals surface area contributed by atoms with Gasteiger partial charge in [0.05, 0.1) is 0 Å². The number of carboxylic acids is 2. The zero-order valence-electron chi connectivity index (χ0n) is 21.7. The molecule has 0 heterocycles. The van der Waals surface area contributed by atoms with E-state index in [1.54, 1.807) is 0 Å². The van der Waals surface area contributed by atoms with E-state index < -0.39 is 11.9 Å². The summed E-state index contributed by atoms with van der Waals surface area (Å²) in [6.45, 7) is 9.77. The minimum Gasteiger partial charge on any atom is -0.478 e. The summed E-state index contributed by atoms with van der Waals surface area (Å²) in [6.07, 6.45) is 20.1. The molecule has 2 fully saturated rings. The normalized spacial score (nSPS) is 20.5. The van der Waals surface area contributed by atoms with Crippen LogP contribution in [0.3, 0.4) is 0 Å². The molecule has 198 valence electrons. The maximum absolute atomic E-state index is 10.4. The van der Waals surface area contributed by atoms with Gasteiger partial charge in [-0.05, 0) is 39.5 Å². The van der Waals surface area contributed by atoms with Crippen LogP contribution in [0.4, 0.5) is 0 Å². The third kappa shape index (κ3) is 11.7. The molecule has 0 bridgehead atoms. The van der Waals surface area contributed by atoms with E-state index in [9.17, 15) is 19.8 Å². The van der Waals surface area contributed by atoms with Crippen LogP contribution in [0.25, 0.3) is 0 Å². The van der Waals surface area contributed by atoms with E-state index in [-0.39, 0.29) is 35.2 Å². The smallest absolute Gasteiger partial charge is 0.330 e. The SMILES string of the molecule is C=C(C)C(=O)O.C=C(C)C(=O)O.OCC1(C2(CO)CCCCCCCC2)CCCCCCCC1. The van der Waals surface area contributed by atoms with Gasteiger partial charge in [-0.3, -0.25) is 0 Å². The van der Waals surface area contributed by atoms with Crippen molar-refractivity contribution in [3.63, 3.8) is 0 Å². The summed E-state index contributed by atoms with van der Waals surface area (Å²) in [6, 6.07) is 0. The number of hydrogen-bond acceptors (Lipinski definition) is 4. The molecule has 6 nitrogen and oxygen atoms in total. The first-order valence-corrected chi connectivity index (χ1v) is 13.1. The number of aliphatic carboxylic acids is 2. The lowest BCUT2D eigenvalue weighted by atomic mass is 9.56. The van der Waals surface area contributed by atoms with Crippen LogP contribution in [0.2, 0.25) is 0 Å². The van der Waals surface area contributed by atoms with Crippen LogP contribution in [0.15, 0.2) is 24.3 Å². The Morgan fingerprint density at radius 1 is 0.559 bits per heavy atom. The minimum atomic E-state index is -0.935. The highest BCUT2D eigenvalue weighted by molar-refractivity contribution is 5.85. The maximum Gasteiger partial charge on any atom is 0.330 e. The number of hydrogen-bond donors (Lipinski definition) is 4. The van der Waals surface area contributed by atoms with Gasteiger partial charge in [-0.1, -0.05) is 90.2 Å². The third-order valence-electron chi connectivity index (χ3n) is 7.58. The van der Waals surface area contributed by atoms with Gasteiger partial charge in [-0.25, -0.2) is 9.59 Å². The molecule has 0 radical (unpaired) electrons. The second kappa shape index (κ2) is 17.7. The molecular weight excluding hydrogens is 432 g/mol. The van der Waals surface area contributed by atoms with Crippen LogP contribution in [0.1, 0.15) is 117 Å². The summed E-state index contributed by atoms with van der Waals surface area (Å²) in [4.78, 5) is 19.2. The van der Waals surface area contributed by atoms with Crippen LogP contribution in [-0.2, 0) is 9.59 Å². The van der Waals surface area contributed by atoms with Gasteiger partial charge in [0.2, 0.25) is 0 Å². The topological polar surface area (TPSA) is 115 Å². The number of aliphatic hydroxyl groups excluding tert-OH is 2. The van der Waals surface area contributed by atoms with Gasteiger partial charge in [0, 0.05) is 35.2 Å². The molecule has 0 aliphatic heterocycles. The zero-order chi connectivity index (χ0) is 26.0. The van der Waals surface area contributed by atoms with Crippen molar-refractivity contribution in [1.82, 2.24) is 0 Å². The summed E-state index contributed by atoms with van der Waals surface area (Å²) in [5.41, 5.74) is 0.317. The number of carboxylic acid groups (broad SMARTS) is 2. The number of rotatable bonds is 5. The quantitative estimate of drug-likeness (QED) is 0.332. The monoisotopic (exact) mass is 482 g/mol. The van der Waals surface area contributed by atoms with E-state index in [0.717, 1.165) is 25.7 Å². The molecule has 34 heavy (non-hydrogen) atoms. The lowest BCUT2D eigenvalue weighted by molar-refractivity contribution is -0.133. The zero-order valence-corrected chi connectivity index (χ0v) is 21.7. The molecular formula is C28H50O6. The summed E-state index contributed by atoms with van der Waals surface area (Å²) in [7, 11) is 0. The Morgan fingerprint density at radius 2 is 0.735 bits per heavy atom. The maximum atomic E-state index is 10.4. The largest absolute Gasteiger partial charge is 0.478 e. The van der Waals surface area contributed by atoms with Crippen molar-refractivity contribution >= 4 is 11.9 Å². The molecule has 2 saturated carbocycles. The van der Waals surface area contributed by atoms with Crippen LogP contribution < -0.4 is 0 Å². The van der Waals surface area contributed by atoms with Gasteiger partial charge in [0.1, 0.15) is 0 Å². The summed E-state index contributed by atoms with van der Waals surface area (Å²) in [5, 5.41) is 36.6. The van der Waals surface area contributed by atoms with Crippen molar-refractivity contribution in [3.8, 4) is 0 Å². The van der Waals surface area contributed by atoms with Crippen molar-refractivity contribution in [2.75, 3.05) is 13.2 Å². The van der Waals surface area contributed by atoms with Gasteiger partial charge in [0.15, 0.2) is 0 Å². The van der Waals surface area contributed by atoms with E-state index in [2.05, 4.69) is 13.2 Å². The van der Waals surface area contributed by atoms with E-state index in [0.29, 0.717) is 0 Å². The fourth-order valence-electron chi connectivity index (χ4n) is 5.23. The van der Waals surface area contributed by atoms with E-state index in [4.69, 9.17) is 10.2 Å². The fraction of sp³-hybridized carbons (Fsp3) is 0.786. The summed E-state index contributed by atoms with van der Waals surface area (Å²) in [5.74, 6) is -1.87. The predicted octanol–water partition coefficient (Wildman–Crippen LogP) is 6.51. The average molecular weight is 483 g/mol. The van der Waals surface area contributed by atoms with Crippen LogP contribution >= 0.6 is 0 Å². The van der Waals surface area contributed by atoms with E-state index >= 15 is 0 Å². The summed E-state index contributed by atoms with van der Waals surface area (Å²) < 4.78 is 0. The Bertz CT molecular complexity index is 526. The van der Waals surface area contributed by atoms with Crippen molar-refractivity contribution in [1.29, 1.82) is 0 Å². The molecule has 0 saturated heterocycles. The molecule has 0 aromatic carbocycles. The van der Waals surface area contributed by atoms with E-state index in [1.165, 1.54) is 90.9 Å². The highest BCUT2D eigenvalue weighted by Crippen LogP contribution is 2.53. The lowest BCUT2D eigenvalue weighted by Crippen LogP contribution is -2.47. The number of carbonyl (C=O) groups is 2. The fourth-order valence-corrected chi connectivity index (χ4v) is 5.23. The molecule has 0 unspecified atom stereocenters. The Kier molecular flexibility index (Phi) is 16.9. The molecule has 2 aliphatic carbocycles. The first-order chi connectivity index (χ1) is 16.1. The second-order valence-corrected chi connectivity index (χ2v) is 10.3. The van der Waals surface area contributed by atoms with Gasteiger partial charge >= 0.3 is 11.9 Å². The molecule has 4 N–H and O–H groups in total. The molecule has 6 heteroatoms. The van der Waals surface area contributed by atoms with Crippen LogP contribution in [0, 0.1) is 10.8 Å². The van der Waals surface area contributed by atoms with Crippen LogP contribution in [-0.4, -0.2) is 45.6 Å². The van der Waals surface area contributed by atoms with Crippen molar-refractivity contribution in [2.45, 2.75) is 117 Å². The molecule has 0 amide bonds. The average Bonchev–Trinajstić information content (AvgIpc) is 3.01.